The van der Waals surface area contributed by atoms with Crippen molar-refractivity contribution in [3.05, 3.63) is 23.0 Å². The third-order valence-electron chi connectivity index (χ3n) is 4.77. The van der Waals surface area contributed by atoms with Crippen molar-refractivity contribution in [3.63, 3.8) is 0 Å². The predicted octanol–water partition coefficient (Wildman–Crippen LogP) is 4.70. The number of fused-ring (bicyclic) bond motifs is 1. The lowest BCUT2D eigenvalue weighted by Crippen LogP contribution is -2.14. The largest absolute Gasteiger partial charge is 0.492 e. The zero-order valence-corrected chi connectivity index (χ0v) is 13.2. The molecule has 4 heteroatoms. The molecule has 0 spiro atoms. The van der Waals surface area contributed by atoms with Gasteiger partial charge in [0.1, 0.15) is 11.3 Å². The number of H-pyrrole nitrogens is 1. The van der Waals surface area contributed by atoms with E-state index in [0.717, 1.165) is 22.0 Å². The molecule has 0 aliphatic heterocycles. The summed E-state index contributed by atoms with van der Waals surface area (Å²) in [5.41, 5.74) is 2.21. The van der Waals surface area contributed by atoms with Crippen molar-refractivity contribution in [2.45, 2.75) is 39.7 Å². The number of nitrogens with one attached hydrogen (secondary N) is 1. The molecule has 0 saturated heterocycles. The Hall–Kier alpha value is -1.29. The van der Waals surface area contributed by atoms with E-state index >= 15 is 0 Å². The van der Waals surface area contributed by atoms with Crippen LogP contribution in [0.15, 0.2) is 18.2 Å². The number of aromatic nitrogens is 2. The van der Waals surface area contributed by atoms with Crippen molar-refractivity contribution in [3.8, 4) is 5.75 Å². The van der Waals surface area contributed by atoms with Crippen LogP contribution in [0, 0.1) is 16.6 Å². The number of nitrogens with zero attached hydrogens (tertiary/aromatic N) is 1. The zero-order valence-electron chi connectivity index (χ0n) is 12.3. The number of ether oxygens (including phenoxy) is 1. The van der Waals surface area contributed by atoms with E-state index in [2.05, 4.69) is 35.5 Å². The highest BCUT2D eigenvalue weighted by Gasteiger charge is 2.32. The van der Waals surface area contributed by atoms with Crippen molar-refractivity contribution in [2.24, 2.45) is 11.8 Å². The Balaban J connectivity index is 2.15. The molecule has 0 amide bonds. The van der Waals surface area contributed by atoms with E-state index in [1.807, 2.05) is 13.0 Å². The fraction of sp³-hybridized carbons (Fsp3) is 0.562. The Morgan fingerprint density at radius 2 is 2.15 bits per heavy atom. The highest BCUT2D eigenvalue weighted by molar-refractivity contribution is 7.71. The average Bonchev–Trinajstić information content (AvgIpc) is 2.92. The van der Waals surface area contributed by atoms with Gasteiger partial charge in [-0.25, -0.2) is 0 Å². The lowest BCUT2D eigenvalue weighted by molar-refractivity contribution is 0.343. The Bertz CT molecular complexity index is 673. The molecule has 0 radical (unpaired) electrons. The fourth-order valence-corrected chi connectivity index (χ4v) is 3.77. The minimum atomic E-state index is 0.503. The van der Waals surface area contributed by atoms with E-state index in [0.29, 0.717) is 18.6 Å². The van der Waals surface area contributed by atoms with Crippen LogP contribution in [-0.2, 0) is 0 Å². The van der Waals surface area contributed by atoms with Gasteiger partial charge in [-0.1, -0.05) is 19.9 Å². The van der Waals surface area contributed by atoms with Gasteiger partial charge in [-0.3, -0.25) is 0 Å². The molecule has 2 aromatic rings. The quantitative estimate of drug-likeness (QED) is 0.830. The molecule has 1 aromatic heterocycles. The van der Waals surface area contributed by atoms with E-state index < -0.39 is 0 Å². The molecule has 3 rings (SSSR count). The number of rotatable bonds is 3. The molecule has 1 saturated carbocycles. The smallest absolute Gasteiger partial charge is 0.178 e. The molecular formula is C16H22N2OS. The molecular weight excluding hydrogens is 268 g/mol. The monoisotopic (exact) mass is 290 g/mol. The molecule has 0 bridgehead atoms. The number of hydrogen-bond donors (Lipinski definition) is 1. The number of para-hydroxylation sites is 1. The van der Waals surface area contributed by atoms with Crippen LogP contribution < -0.4 is 4.74 Å². The summed E-state index contributed by atoms with van der Waals surface area (Å²) in [6.45, 7) is 7.36. The van der Waals surface area contributed by atoms with Gasteiger partial charge in [0.25, 0.3) is 0 Å². The van der Waals surface area contributed by atoms with Crippen LogP contribution in [0.2, 0.25) is 0 Å². The van der Waals surface area contributed by atoms with Gasteiger partial charge < -0.3 is 14.3 Å². The second-order valence-electron chi connectivity index (χ2n) is 5.86. The van der Waals surface area contributed by atoms with Crippen LogP contribution in [0.1, 0.15) is 39.7 Å². The standard InChI is InChI=1S/C16H22N2OS/c1-4-19-14-7-5-6-13-15(14)17-16(20)18(13)12-9-8-10(2)11(12)3/h5-7,10-12H,4,8-9H2,1-3H3,(H,17,20). The maximum Gasteiger partial charge on any atom is 0.178 e. The lowest BCUT2D eigenvalue weighted by atomic mass is 9.97. The summed E-state index contributed by atoms with van der Waals surface area (Å²) in [6, 6.07) is 6.69. The first-order chi connectivity index (χ1) is 9.63. The highest BCUT2D eigenvalue weighted by atomic mass is 32.1. The number of benzene rings is 1. The van der Waals surface area contributed by atoms with Crippen molar-refractivity contribution in [1.82, 2.24) is 9.55 Å². The first-order valence-corrected chi connectivity index (χ1v) is 7.90. The van der Waals surface area contributed by atoms with Gasteiger partial charge in [-0.05, 0) is 56.0 Å². The summed E-state index contributed by atoms with van der Waals surface area (Å²) in [4.78, 5) is 3.35. The summed E-state index contributed by atoms with van der Waals surface area (Å²) < 4.78 is 8.83. The van der Waals surface area contributed by atoms with Gasteiger partial charge in [0.15, 0.2) is 4.77 Å². The molecule has 1 heterocycles. The van der Waals surface area contributed by atoms with Crippen LogP contribution in [0.3, 0.4) is 0 Å². The number of imidazole rings is 1. The lowest BCUT2D eigenvalue weighted by Gasteiger charge is -2.20. The molecule has 1 N–H and O–H groups in total. The Kier molecular flexibility index (Phi) is 3.59. The third-order valence-corrected chi connectivity index (χ3v) is 5.07. The van der Waals surface area contributed by atoms with Gasteiger partial charge in [-0.15, -0.1) is 0 Å². The van der Waals surface area contributed by atoms with Crippen molar-refractivity contribution < 1.29 is 4.74 Å². The normalized spacial score (nSPS) is 26.2. The van der Waals surface area contributed by atoms with Crippen LogP contribution in [0.4, 0.5) is 0 Å². The van der Waals surface area contributed by atoms with E-state index in [9.17, 15) is 0 Å². The Morgan fingerprint density at radius 1 is 1.35 bits per heavy atom. The van der Waals surface area contributed by atoms with Crippen LogP contribution in [-0.4, -0.2) is 16.2 Å². The maximum atomic E-state index is 5.71. The second-order valence-corrected chi connectivity index (χ2v) is 6.25. The van der Waals surface area contributed by atoms with E-state index in [4.69, 9.17) is 17.0 Å². The topological polar surface area (TPSA) is 29.9 Å². The van der Waals surface area contributed by atoms with Gasteiger partial charge in [0, 0.05) is 6.04 Å². The first-order valence-electron chi connectivity index (χ1n) is 7.49. The summed E-state index contributed by atoms with van der Waals surface area (Å²) in [7, 11) is 0. The minimum Gasteiger partial charge on any atom is -0.492 e. The highest BCUT2D eigenvalue weighted by Crippen LogP contribution is 2.42. The summed E-state index contributed by atoms with van der Waals surface area (Å²) >= 11 is 5.58. The summed E-state index contributed by atoms with van der Waals surface area (Å²) in [6.07, 6.45) is 2.49. The molecule has 3 atom stereocenters. The molecule has 20 heavy (non-hydrogen) atoms. The average molecular weight is 290 g/mol. The van der Waals surface area contributed by atoms with E-state index in [1.54, 1.807) is 0 Å². The van der Waals surface area contributed by atoms with Gasteiger partial charge in [0.05, 0.1) is 12.1 Å². The van der Waals surface area contributed by atoms with E-state index in [-0.39, 0.29) is 0 Å². The molecule has 1 aromatic carbocycles. The number of hydrogen-bond acceptors (Lipinski definition) is 2. The minimum absolute atomic E-state index is 0.503. The predicted molar refractivity (Wildman–Crippen MR) is 84.9 cm³/mol. The molecule has 1 fully saturated rings. The Morgan fingerprint density at radius 3 is 2.80 bits per heavy atom. The molecule has 1 aliphatic rings. The second kappa shape index (κ2) is 5.24. The number of aromatic amines is 1. The molecule has 3 nitrogen and oxygen atoms in total. The van der Waals surface area contributed by atoms with Crippen molar-refractivity contribution in [2.75, 3.05) is 6.61 Å². The molecule has 108 valence electrons. The van der Waals surface area contributed by atoms with Crippen LogP contribution >= 0.6 is 12.2 Å². The maximum absolute atomic E-state index is 5.71. The SMILES string of the molecule is CCOc1cccc2c1[nH]c(=S)n2C1CCC(C)C1C. The zero-order chi connectivity index (χ0) is 14.3. The van der Waals surface area contributed by atoms with Crippen molar-refractivity contribution >= 4 is 23.3 Å². The van der Waals surface area contributed by atoms with Gasteiger partial charge >= 0.3 is 0 Å². The Labute approximate surface area is 125 Å². The summed E-state index contributed by atoms with van der Waals surface area (Å²) in [5.74, 6) is 2.33. The molecule has 3 unspecified atom stereocenters. The first kappa shape index (κ1) is 13.7. The third kappa shape index (κ3) is 2.06. The van der Waals surface area contributed by atoms with E-state index in [1.165, 1.54) is 18.4 Å². The van der Waals surface area contributed by atoms with Crippen LogP contribution in [0.5, 0.6) is 5.75 Å². The van der Waals surface area contributed by atoms with Gasteiger partial charge in [0.2, 0.25) is 0 Å². The summed E-state index contributed by atoms with van der Waals surface area (Å²) in [5, 5.41) is 0. The van der Waals surface area contributed by atoms with Crippen molar-refractivity contribution in [1.29, 1.82) is 0 Å². The molecule has 1 aliphatic carbocycles. The van der Waals surface area contributed by atoms with Gasteiger partial charge in [-0.2, -0.15) is 0 Å². The van der Waals surface area contributed by atoms with Crippen LogP contribution in [0.25, 0.3) is 11.0 Å². The fourth-order valence-electron chi connectivity index (χ4n) is 3.43.